The summed E-state index contributed by atoms with van der Waals surface area (Å²) in [5, 5.41) is 0. The number of hydrogen-bond acceptors (Lipinski definition) is 4. The first kappa shape index (κ1) is 25.2. The standard InChI is InChI=1S/C30H33BrN4O3/c1-33-16-22(32-19-33)18-38-27-12-11-25(31)24-13-14-35(29(36)20-7-3-2-4-8-20)26(28(24)27)17-34-15-21-9-5-6-10-23(21)30(34)37/h5-6,9-12,16,19-20,26H,2-4,7-8,13-15,17-18H2,1H3/t26-/m1/s1. The molecular formula is C30H33BrN4O3. The minimum Gasteiger partial charge on any atom is -0.487 e. The Morgan fingerprint density at radius 1 is 1.13 bits per heavy atom. The predicted molar refractivity (Wildman–Crippen MR) is 148 cm³/mol. The van der Waals surface area contributed by atoms with Gasteiger partial charge in [0.25, 0.3) is 5.91 Å². The van der Waals surface area contributed by atoms with Gasteiger partial charge in [-0.15, -0.1) is 0 Å². The highest BCUT2D eigenvalue weighted by Crippen LogP contribution is 2.43. The normalized spacial score (nSPS) is 19.4. The average Bonchev–Trinajstić information content (AvgIpc) is 3.50. The maximum Gasteiger partial charge on any atom is 0.254 e. The molecule has 1 atom stereocenters. The molecule has 1 fully saturated rings. The highest BCUT2D eigenvalue weighted by molar-refractivity contribution is 9.10. The molecule has 7 nitrogen and oxygen atoms in total. The number of nitrogens with zero attached hydrogens (tertiary/aromatic N) is 4. The fourth-order valence-corrected chi connectivity index (χ4v) is 6.85. The molecule has 3 heterocycles. The lowest BCUT2D eigenvalue weighted by Gasteiger charge is -2.42. The Bertz CT molecular complexity index is 1360. The molecule has 198 valence electrons. The van der Waals surface area contributed by atoms with Crippen LogP contribution in [0.5, 0.6) is 5.75 Å². The van der Waals surface area contributed by atoms with Crippen LogP contribution >= 0.6 is 15.9 Å². The smallest absolute Gasteiger partial charge is 0.254 e. The van der Waals surface area contributed by atoms with E-state index in [1.165, 1.54) is 6.42 Å². The van der Waals surface area contributed by atoms with Crippen LogP contribution in [-0.2, 0) is 31.4 Å². The second-order valence-corrected chi connectivity index (χ2v) is 11.6. The number of halogens is 1. The highest BCUT2D eigenvalue weighted by atomic mass is 79.9. The second-order valence-electron chi connectivity index (χ2n) is 10.7. The molecule has 1 saturated carbocycles. The van der Waals surface area contributed by atoms with Gasteiger partial charge in [-0.2, -0.15) is 0 Å². The monoisotopic (exact) mass is 576 g/mol. The third-order valence-electron chi connectivity index (χ3n) is 8.23. The van der Waals surface area contributed by atoms with Crippen molar-refractivity contribution in [1.29, 1.82) is 0 Å². The van der Waals surface area contributed by atoms with E-state index in [0.717, 1.165) is 70.3 Å². The Morgan fingerprint density at radius 2 is 1.95 bits per heavy atom. The molecule has 2 amide bonds. The van der Waals surface area contributed by atoms with Gasteiger partial charge in [0.15, 0.2) is 0 Å². The Labute approximate surface area is 231 Å². The van der Waals surface area contributed by atoms with Gasteiger partial charge >= 0.3 is 0 Å². The number of ether oxygens (including phenoxy) is 1. The summed E-state index contributed by atoms with van der Waals surface area (Å²) in [6.45, 7) is 1.98. The van der Waals surface area contributed by atoms with E-state index in [0.29, 0.717) is 26.2 Å². The minimum atomic E-state index is -0.275. The molecule has 6 rings (SSSR count). The van der Waals surface area contributed by atoms with Crippen molar-refractivity contribution in [1.82, 2.24) is 19.4 Å². The van der Waals surface area contributed by atoms with Gasteiger partial charge in [0, 0.05) is 54.4 Å². The Morgan fingerprint density at radius 3 is 2.71 bits per heavy atom. The molecule has 3 aliphatic rings. The Balaban J connectivity index is 1.36. The van der Waals surface area contributed by atoms with Crippen molar-refractivity contribution in [2.24, 2.45) is 13.0 Å². The van der Waals surface area contributed by atoms with Crippen molar-refractivity contribution < 1.29 is 14.3 Å². The van der Waals surface area contributed by atoms with Crippen molar-refractivity contribution in [2.45, 2.75) is 57.7 Å². The van der Waals surface area contributed by atoms with Gasteiger partial charge in [0.1, 0.15) is 12.4 Å². The van der Waals surface area contributed by atoms with Crippen molar-refractivity contribution in [3.8, 4) is 5.75 Å². The predicted octanol–water partition coefficient (Wildman–Crippen LogP) is 5.42. The van der Waals surface area contributed by atoms with E-state index in [1.807, 2.05) is 59.1 Å². The van der Waals surface area contributed by atoms with E-state index in [9.17, 15) is 9.59 Å². The van der Waals surface area contributed by atoms with Crippen LogP contribution in [0.15, 0.2) is 53.4 Å². The van der Waals surface area contributed by atoms with Crippen LogP contribution in [0.2, 0.25) is 0 Å². The highest BCUT2D eigenvalue weighted by Gasteiger charge is 2.40. The minimum absolute atomic E-state index is 0.0312. The number of aromatic nitrogens is 2. The quantitative estimate of drug-likeness (QED) is 0.392. The van der Waals surface area contributed by atoms with Crippen LogP contribution in [0, 0.1) is 5.92 Å². The van der Waals surface area contributed by atoms with Crippen molar-refractivity contribution in [3.63, 3.8) is 0 Å². The molecule has 2 aliphatic heterocycles. The zero-order chi connectivity index (χ0) is 26.2. The lowest BCUT2D eigenvalue weighted by atomic mass is 9.85. The maximum absolute atomic E-state index is 14.0. The number of aryl methyl sites for hydroxylation is 1. The summed E-state index contributed by atoms with van der Waals surface area (Å²) in [6.07, 6.45) is 9.77. The number of hydrogen-bond donors (Lipinski definition) is 0. The molecule has 0 spiro atoms. The maximum atomic E-state index is 14.0. The number of carbonyl (C=O) groups excluding carboxylic acids is 2. The molecule has 1 aliphatic carbocycles. The van der Waals surface area contributed by atoms with Crippen LogP contribution in [0.25, 0.3) is 0 Å². The average molecular weight is 578 g/mol. The van der Waals surface area contributed by atoms with E-state index < -0.39 is 0 Å². The summed E-state index contributed by atoms with van der Waals surface area (Å²) < 4.78 is 9.30. The largest absolute Gasteiger partial charge is 0.487 e. The summed E-state index contributed by atoms with van der Waals surface area (Å²) in [4.78, 5) is 35.7. The van der Waals surface area contributed by atoms with Gasteiger partial charge in [0.05, 0.1) is 18.1 Å². The summed E-state index contributed by atoms with van der Waals surface area (Å²) in [5.41, 5.74) is 4.81. The zero-order valence-corrected chi connectivity index (χ0v) is 23.3. The molecule has 0 N–H and O–H groups in total. The van der Waals surface area contributed by atoms with Gasteiger partial charge < -0.3 is 19.1 Å². The zero-order valence-electron chi connectivity index (χ0n) is 21.7. The number of imidazole rings is 1. The van der Waals surface area contributed by atoms with E-state index in [1.54, 1.807) is 6.33 Å². The van der Waals surface area contributed by atoms with Crippen LogP contribution in [-0.4, -0.2) is 44.3 Å². The first-order valence-electron chi connectivity index (χ1n) is 13.6. The van der Waals surface area contributed by atoms with E-state index >= 15 is 0 Å². The lowest BCUT2D eigenvalue weighted by molar-refractivity contribution is -0.140. The Hall–Kier alpha value is -3.13. The SMILES string of the molecule is Cn1cnc(COc2ccc(Br)c3c2[C@@H](CN2Cc4ccccc4C2=O)N(C(=O)C2CCCCC2)CC3)c1. The van der Waals surface area contributed by atoms with Crippen LogP contribution < -0.4 is 4.74 Å². The van der Waals surface area contributed by atoms with E-state index in [2.05, 4.69) is 25.8 Å². The van der Waals surface area contributed by atoms with Gasteiger partial charge in [-0.1, -0.05) is 53.4 Å². The van der Waals surface area contributed by atoms with Crippen molar-refractivity contribution >= 4 is 27.7 Å². The number of benzene rings is 2. The third-order valence-corrected chi connectivity index (χ3v) is 8.98. The fourth-order valence-electron chi connectivity index (χ4n) is 6.31. The molecule has 0 bridgehead atoms. The number of amides is 2. The molecule has 1 aromatic heterocycles. The molecule has 0 saturated heterocycles. The summed E-state index contributed by atoms with van der Waals surface area (Å²) in [5.74, 6) is 1.07. The fraction of sp³-hybridized carbons (Fsp3) is 0.433. The topological polar surface area (TPSA) is 67.7 Å². The first-order chi connectivity index (χ1) is 18.5. The molecule has 8 heteroatoms. The molecule has 38 heavy (non-hydrogen) atoms. The molecular weight excluding hydrogens is 544 g/mol. The van der Waals surface area contributed by atoms with Gasteiger partial charge in [-0.3, -0.25) is 9.59 Å². The molecule has 3 aromatic rings. The Kier molecular flexibility index (Phi) is 6.99. The third kappa shape index (κ3) is 4.75. The molecule has 0 radical (unpaired) electrons. The van der Waals surface area contributed by atoms with E-state index in [4.69, 9.17) is 4.74 Å². The number of fused-ring (bicyclic) bond motifs is 2. The van der Waals surface area contributed by atoms with Crippen LogP contribution in [0.3, 0.4) is 0 Å². The number of rotatable bonds is 6. The first-order valence-corrected chi connectivity index (χ1v) is 14.4. The molecule has 2 aromatic carbocycles. The van der Waals surface area contributed by atoms with Crippen molar-refractivity contribution in [2.75, 3.05) is 13.1 Å². The van der Waals surface area contributed by atoms with Crippen LogP contribution in [0.4, 0.5) is 0 Å². The lowest BCUT2D eigenvalue weighted by Crippen LogP contribution is -2.48. The van der Waals surface area contributed by atoms with Crippen LogP contribution in [0.1, 0.15) is 70.9 Å². The van der Waals surface area contributed by atoms with Gasteiger partial charge in [-0.05, 0) is 48.6 Å². The second kappa shape index (κ2) is 10.6. The van der Waals surface area contributed by atoms with Gasteiger partial charge in [0.2, 0.25) is 5.91 Å². The summed E-state index contributed by atoms with van der Waals surface area (Å²) in [6, 6.07) is 11.5. The van der Waals surface area contributed by atoms with E-state index in [-0.39, 0.29) is 23.8 Å². The van der Waals surface area contributed by atoms with Crippen molar-refractivity contribution in [3.05, 3.63) is 81.3 Å². The molecule has 0 unspecified atom stereocenters. The number of carbonyl (C=O) groups is 2. The van der Waals surface area contributed by atoms with Gasteiger partial charge in [-0.25, -0.2) is 4.98 Å². The summed E-state index contributed by atoms with van der Waals surface area (Å²) in [7, 11) is 1.94. The summed E-state index contributed by atoms with van der Waals surface area (Å²) >= 11 is 3.77.